The van der Waals surface area contributed by atoms with Crippen molar-refractivity contribution in [3.8, 4) is 11.3 Å². The Morgan fingerprint density at radius 3 is 2.65 bits per heavy atom. The van der Waals surface area contributed by atoms with Gasteiger partial charge in [0.25, 0.3) is 0 Å². The molecule has 4 rings (SSSR count). The summed E-state index contributed by atoms with van der Waals surface area (Å²) in [5.74, 6) is 0.921. The number of rotatable bonds is 3. The Morgan fingerprint density at radius 2 is 1.91 bits per heavy atom. The van der Waals surface area contributed by atoms with Crippen LogP contribution in [-0.2, 0) is 0 Å². The monoisotopic (exact) mass is 339 g/mol. The van der Waals surface area contributed by atoms with E-state index in [0.29, 0.717) is 5.02 Å². The van der Waals surface area contributed by atoms with Crippen LogP contribution in [0.5, 0.6) is 0 Å². The highest BCUT2D eigenvalue weighted by atomic mass is 35.5. The van der Waals surface area contributed by atoms with Crippen LogP contribution in [0.4, 0.5) is 11.5 Å². The van der Waals surface area contributed by atoms with Crippen LogP contribution < -0.4 is 5.32 Å². The molecule has 3 heterocycles. The number of hydrogen-bond acceptors (Lipinski definition) is 3. The van der Waals surface area contributed by atoms with Gasteiger partial charge in [0.1, 0.15) is 17.2 Å². The molecule has 4 aromatic rings. The minimum absolute atomic E-state index is 0.679. The first-order valence-corrected chi connectivity index (χ1v) is 8.57. The number of benzene rings is 1. The molecule has 0 radical (unpaired) electrons. The highest BCUT2D eigenvalue weighted by molar-refractivity contribution is 7.08. The molecule has 0 saturated heterocycles. The van der Waals surface area contributed by atoms with Crippen molar-refractivity contribution >= 4 is 40.1 Å². The van der Waals surface area contributed by atoms with E-state index in [1.54, 1.807) is 11.3 Å². The molecule has 5 heteroatoms. The summed E-state index contributed by atoms with van der Waals surface area (Å²) in [6.45, 7) is 2.08. The quantitative estimate of drug-likeness (QED) is 0.513. The molecule has 0 atom stereocenters. The maximum absolute atomic E-state index is 6.17. The number of aromatic nitrogens is 2. The lowest BCUT2D eigenvalue weighted by molar-refractivity contribution is 1.18. The van der Waals surface area contributed by atoms with Crippen molar-refractivity contribution in [2.24, 2.45) is 0 Å². The number of hydrogen-bond donors (Lipinski definition) is 1. The first kappa shape index (κ1) is 14.3. The number of anilines is 2. The zero-order valence-corrected chi connectivity index (χ0v) is 14.0. The third kappa shape index (κ3) is 2.71. The molecule has 0 saturated carbocycles. The Hall–Kier alpha value is -2.30. The Kier molecular flexibility index (Phi) is 3.56. The molecule has 1 N–H and O–H groups in total. The zero-order valence-electron chi connectivity index (χ0n) is 12.5. The molecule has 3 nitrogen and oxygen atoms in total. The Labute approximate surface area is 143 Å². The average molecular weight is 340 g/mol. The van der Waals surface area contributed by atoms with E-state index < -0.39 is 0 Å². The molecule has 0 aliphatic heterocycles. The second kappa shape index (κ2) is 5.72. The second-order valence-electron chi connectivity index (χ2n) is 5.39. The lowest BCUT2D eigenvalue weighted by atomic mass is 10.2. The van der Waals surface area contributed by atoms with Gasteiger partial charge >= 0.3 is 0 Å². The Bertz CT molecular complexity index is 956. The fourth-order valence-corrected chi connectivity index (χ4v) is 3.31. The second-order valence-corrected chi connectivity index (χ2v) is 6.60. The van der Waals surface area contributed by atoms with Gasteiger partial charge < -0.3 is 5.32 Å². The fourth-order valence-electron chi connectivity index (χ4n) is 2.51. The van der Waals surface area contributed by atoms with Crippen molar-refractivity contribution in [3.05, 3.63) is 70.0 Å². The standard InChI is InChI=1S/C18H14ClN3S/c1-12-2-5-15(6-3-12)20-18-17(13-8-9-23-11-13)21-16-7-4-14(19)10-22(16)18/h2-11,20H,1H3. The van der Waals surface area contributed by atoms with Crippen LogP contribution in [0, 0.1) is 6.92 Å². The van der Waals surface area contributed by atoms with Gasteiger partial charge in [-0.05, 0) is 42.6 Å². The molecule has 0 spiro atoms. The van der Waals surface area contributed by atoms with Crippen LogP contribution in [0.3, 0.4) is 0 Å². The largest absolute Gasteiger partial charge is 0.339 e. The number of nitrogens with zero attached hydrogens (tertiary/aromatic N) is 2. The van der Waals surface area contributed by atoms with Gasteiger partial charge in [-0.2, -0.15) is 11.3 Å². The summed E-state index contributed by atoms with van der Waals surface area (Å²) in [6, 6.07) is 14.2. The minimum Gasteiger partial charge on any atom is -0.339 e. The molecule has 0 amide bonds. The minimum atomic E-state index is 0.679. The molecular formula is C18H14ClN3S. The predicted octanol–water partition coefficient (Wildman–Crippen LogP) is 5.77. The number of aryl methyl sites for hydroxylation is 1. The van der Waals surface area contributed by atoms with Crippen LogP contribution >= 0.6 is 22.9 Å². The molecule has 0 fully saturated rings. The summed E-state index contributed by atoms with van der Waals surface area (Å²) in [7, 11) is 0. The number of nitrogens with one attached hydrogen (secondary N) is 1. The van der Waals surface area contributed by atoms with Gasteiger partial charge in [0.2, 0.25) is 0 Å². The normalized spacial score (nSPS) is 11.0. The Morgan fingerprint density at radius 1 is 1.09 bits per heavy atom. The molecule has 114 valence electrons. The van der Waals surface area contributed by atoms with Crippen molar-refractivity contribution in [2.45, 2.75) is 6.92 Å². The maximum atomic E-state index is 6.17. The molecule has 0 aliphatic rings. The van der Waals surface area contributed by atoms with Gasteiger partial charge in [-0.15, -0.1) is 0 Å². The highest BCUT2D eigenvalue weighted by Crippen LogP contribution is 2.33. The van der Waals surface area contributed by atoms with Gasteiger partial charge in [0.05, 0.1) is 5.02 Å². The van der Waals surface area contributed by atoms with E-state index in [9.17, 15) is 0 Å². The summed E-state index contributed by atoms with van der Waals surface area (Å²) in [4.78, 5) is 4.76. The van der Waals surface area contributed by atoms with Crippen molar-refractivity contribution in [1.29, 1.82) is 0 Å². The van der Waals surface area contributed by atoms with E-state index in [-0.39, 0.29) is 0 Å². The van der Waals surface area contributed by atoms with E-state index >= 15 is 0 Å². The van der Waals surface area contributed by atoms with Crippen molar-refractivity contribution in [1.82, 2.24) is 9.38 Å². The lowest BCUT2D eigenvalue weighted by Gasteiger charge is -2.09. The molecule has 0 bridgehead atoms. The molecule has 0 unspecified atom stereocenters. The molecular weight excluding hydrogens is 326 g/mol. The smallest absolute Gasteiger partial charge is 0.143 e. The number of thiophene rings is 1. The summed E-state index contributed by atoms with van der Waals surface area (Å²) in [5.41, 5.74) is 5.15. The maximum Gasteiger partial charge on any atom is 0.143 e. The van der Waals surface area contributed by atoms with Crippen LogP contribution in [0.15, 0.2) is 59.4 Å². The highest BCUT2D eigenvalue weighted by Gasteiger charge is 2.15. The number of halogens is 1. The third-order valence-corrected chi connectivity index (χ3v) is 4.60. The van der Waals surface area contributed by atoms with Crippen LogP contribution in [0.2, 0.25) is 5.02 Å². The SMILES string of the molecule is Cc1ccc(Nc2c(-c3ccsc3)nc3ccc(Cl)cn23)cc1. The van der Waals surface area contributed by atoms with Gasteiger partial charge in [-0.25, -0.2) is 4.98 Å². The topological polar surface area (TPSA) is 29.3 Å². The number of fused-ring (bicyclic) bond motifs is 1. The van der Waals surface area contributed by atoms with E-state index in [4.69, 9.17) is 16.6 Å². The third-order valence-electron chi connectivity index (χ3n) is 3.69. The van der Waals surface area contributed by atoms with Crippen LogP contribution in [0.25, 0.3) is 16.9 Å². The van der Waals surface area contributed by atoms with Gasteiger partial charge in [-0.1, -0.05) is 29.3 Å². The molecule has 3 aromatic heterocycles. The molecule has 0 aliphatic carbocycles. The van der Waals surface area contributed by atoms with Gasteiger partial charge in [-0.3, -0.25) is 4.40 Å². The number of pyridine rings is 1. The summed E-state index contributed by atoms with van der Waals surface area (Å²) in [5, 5.41) is 8.32. The Balaban J connectivity index is 1.89. The zero-order chi connectivity index (χ0) is 15.8. The predicted molar refractivity (Wildman–Crippen MR) is 98.0 cm³/mol. The summed E-state index contributed by atoms with van der Waals surface area (Å²) in [6.07, 6.45) is 1.89. The average Bonchev–Trinajstić information content (AvgIpc) is 3.18. The first-order valence-electron chi connectivity index (χ1n) is 7.24. The van der Waals surface area contributed by atoms with Crippen LogP contribution in [-0.4, -0.2) is 9.38 Å². The first-order chi connectivity index (χ1) is 11.2. The van der Waals surface area contributed by atoms with E-state index in [1.165, 1.54) is 5.56 Å². The number of imidazole rings is 1. The van der Waals surface area contributed by atoms with Crippen LogP contribution in [0.1, 0.15) is 5.56 Å². The molecule has 23 heavy (non-hydrogen) atoms. The summed E-state index contributed by atoms with van der Waals surface area (Å²) < 4.78 is 2.00. The van der Waals surface area contributed by atoms with Gasteiger partial charge in [0, 0.05) is 22.8 Å². The molecule has 1 aromatic carbocycles. The lowest BCUT2D eigenvalue weighted by Crippen LogP contribution is -1.96. The fraction of sp³-hybridized carbons (Fsp3) is 0.0556. The van der Waals surface area contributed by atoms with Gasteiger partial charge in [0.15, 0.2) is 0 Å². The van der Waals surface area contributed by atoms with Crippen molar-refractivity contribution in [3.63, 3.8) is 0 Å². The van der Waals surface area contributed by atoms with E-state index in [0.717, 1.165) is 28.4 Å². The van der Waals surface area contributed by atoms with Crippen molar-refractivity contribution < 1.29 is 0 Å². The van der Waals surface area contributed by atoms with E-state index in [1.807, 2.05) is 22.7 Å². The van der Waals surface area contributed by atoms with Crippen molar-refractivity contribution in [2.75, 3.05) is 5.32 Å². The van der Waals surface area contributed by atoms with E-state index in [2.05, 4.69) is 53.3 Å². The summed E-state index contributed by atoms with van der Waals surface area (Å²) >= 11 is 7.84.